The minimum Gasteiger partial charge on any atom is -0.504 e. The molecule has 0 heterocycles. The van der Waals surface area contributed by atoms with E-state index in [1.165, 1.54) is 0 Å². The molecule has 0 fully saturated rings. The van der Waals surface area contributed by atoms with Gasteiger partial charge in [0.2, 0.25) is 0 Å². The van der Waals surface area contributed by atoms with Gasteiger partial charge in [-0.05, 0) is 13.0 Å². The highest BCUT2D eigenvalue weighted by molar-refractivity contribution is 5.45. The zero-order valence-corrected chi connectivity index (χ0v) is 11.6. The second kappa shape index (κ2) is 9.61. The maximum absolute atomic E-state index is 9.98. The molecule has 0 aliphatic carbocycles. The molecule has 5 heteroatoms. The van der Waals surface area contributed by atoms with Crippen LogP contribution in [0.2, 0.25) is 0 Å². The van der Waals surface area contributed by atoms with Gasteiger partial charge >= 0.3 is 0 Å². The number of phenols is 1. The van der Waals surface area contributed by atoms with Gasteiger partial charge in [0.05, 0.1) is 26.4 Å². The van der Waals surface area contributed by atoms with Crippen LogP contribution >= 0.6 is 0 Å². The van der Waals surface area contributed by atoms with Crippen LogP contribution in [-0.4, -0.2) is 45.2 Å². The number of rotatable bonds is 10. The number of nitrogens with one attached hydrogen (secondary N) is 1. The molecule has 0 saturated carbocycles. The third-order valence-corrected chi connectivity index (χ3v) is 2.55. The predicted octanol–water partition coefficient (Wildman–Crippen LogP) is 1.54. The average molecular weight is 269 g/mol. The standard InChI is InChI=1S/C14H23NO4/c1-3-19-13-6-4-5-12(14(13)16)11-15-7-8-18-10-9-17-2/h4-6,15-16H,3,7-11H2,1-2H3. The van der Waals surface area contributed by atoms with E-state index >= 15 is 0 Å². The van der Waals surface area contributed by atoms with Gasteiger partial charge in [-0.1, -0.05) is 12.1 Å². The van der Waals surface area contributed by atoms with Crippen LogP contribution in [0, 0.1) is 0 Å². The van der Waals surface area contributed by atoms with Crippen LogP contribution in [0.1, 0.15) is 12.5 Å². The first-order valence-corrected chi connectivity index (χ1v) is 6.50. The Balaban J connectivity index is 2.27. The molecule has 0 aliphatic rings. The Bertz CT molecular complexity index is 357. The van der Waals surface area contributed by atoms with Crippen LogP contribution in [-0.2, 0) is 16.0 Å². The molecule has 0 atom stereocenters. The summed E-state index contributed by atoms with van der Waals surface area (Å²) in [6, 6.07) is 5.50. The van der Waals surface area contributed by atoms with E-state index in [9.17, 15) is 5.11 Å². The van der Waals surface area contributed by atoms with Crippen molar-refractivity contribution in [1.29, 1.82) is 0 Å². The third-order valence-electron chi connectivity index (χ3n) is 2.55. The average Bonchev–Trinajstić information content (AvgIpc) is 2.42. The normalized spacial score (nSPS) is 10.6. The predicted molar refractivity (Wildman–Crippen MR) is 73.7 cm³/mol. The van der Waals surface area contributed by atoms with E-state index in [0.717, 1.165) is 12.1 Å². The summed E-state index contributed by atoms with van der Waals surface area (Å²) in [6.45, 7) is 5.57. The van der Waals surface area contributed by atoms with E-state index < -0.39 is 0 Å². The van der Waals surface area contributed by atoms with Gasteiger partial charge in [0, 0.05) is 25.8 Å². The Kier molecular flexibility index (Phi) is 7.97. The molecule has 0 aromatic heterocycles. The summed E-state index contributed by atoms with van der Waals surface area (Å²) in [5.74, 6) is 0.732. The summed E-state index contributed by atoms with van der Waals surface area (Å²) >= 11 is 0. The van der Waals surface area contributed by atoms with Crippen LogP contribution in [0.3, 0.4) is 0 Å². The van der Waals surface area contributed by atoms with E-state index in [-0.39, 0.29) is 5.75 Å². The molecule has 0 bridgehead atoms. The van der Waals surface area contributed by atoms with E-state index in [1.54, 1.807) is 13.2 Å². The van der Waals surface area contributed by atoms with Gasteiger partial charge in [0.1, 0.15) is 0 Å². The summed E-state index contributed by atoms with van der Waals surface area (Å²) in [4.78, 5) is 0. The zero-order valence-electron chi connectivity index (χ0n) is 11.6. The van der Waals surface area contributed by atoms with Crippen molar-refractivity contribution >= 4 is 0 Å². The van der Waals surface area contributed by atoms with Crippen LogP contribution in [0.25, 0.3) is 0 Å². The molecular formula is C14H23NO4. The number of para-hydroxylation sites is 1. The van der Waals surface area contributed by atoms with Crippen molar-refractivity contribution in [2.24, 2.45) is 0 Å². The lowest BCUT2D eigenvalue weighted by Crippen LogP contribution is -2.20. The summed E-state index contributed by atoms with van der Waals surface area (Å²) in [5, 5.41) is 13.2. The van der Waals surface area contributed by atoms with Gasteiger partial charge in [-0.25, -0.2) is 0 Å². The van der Waals surface area contributed by atoms with E-state index in [0.29, 0.717) is 38.7 Å². The Morgan fingerprint density at radius 3 is 2.79 bits per heavy atom. The number of aromatic hydroxyl groups is 1. The molecule has 2 N–H and O–H groups in total. The van der Waals surface area contributed by atoms with Gasteiger partial charge in [-0.15, -0.1) is 0 Å². The van der Waals surface area contributed by atoms with Crippen LogP contribution in [0.15, 0.2) is 18.2 Å². The lowest BCUT2D eigenvalue weighted by molar-refractivity contribution is 0.0719. The Morgan fingerprint density at radius 2 is 2.05 bits per heavy atom. The minimum atomic E-state index is 0.206. The first kappa shape index (κ1) is 15.8. The number of methoxy groups -OCH3 is 1. The van der Waals surface area contributed by atoms with Crippen LogP contribution in [0.4, 0.5) is 0 Å². The lowest BCUT2D eigenvalue weighted by Gasteiger charge is -2.11. The fourth-order valence-electron chi connectivity index (χ4n) is 1.59. The largest absolute Gasteiger partial charge is 0.504 e. The van der Waals surface area contributed by atoms with Gasteiger partial charge in [-0.3, -0.25) is 0 Å². The van der Waals surface area contributed by atoms with E-state index in [2.05, 4.69) is 5.32 Å². The molecule has 19 heavy (non-hydrogen) atoms. The van der Waals surface area contributed by atoms with Crippen molar-refractivity contribution in [3.05, 3.63) is 23.8 Å². The van der Waals surface area contributed by atoms with E-state index in [4.69, 9.17) is 14.2 Å². The maximum Gasteiger partial charge on any atom is 0.162 e. The zero-order chi connectivity index (χ0) is 13.9. The highest BCUT2D eigenvalue weighted by Gasteiger charge is 2.06. The van der Waals surface area contributed by atoms with Gasteiger partial charge in [-0.2, -0.15) is 0 Å². The van der Waals surface area contributed by atoms with Crippen molar-refractivity contribution in [2.45, 2.75) is 13.5 Å². The number of phenolic OH excluding ortho intramolecular Hbond substituents is 1. The summed E-state index contributed by atoms with van der Waals surface area (Å²) in [7, 11) is 1.65. The van der Waals surface area contributed by atoms with Crippen molar-refractivity contribution in [2.75, 3.05) is 40.1 Å². The third kappa shape index (κ3) is 5.92. The monoisotopic (exact) mass is 269 g/mol. The number of hydrogen-bond acceptors (Lipinski definition) is 5. The molecule has 0 saturated heterocycles. The van der Waals surface area contributed by atoms with Crippen molar-refractivity contribution < 1.29 is 19.3 Å². The Hall–Kier alpha value is -1.30. The quantitative estimate of drug-likeness (QED) is 0.631. The molecular weight excluding hydrogens is 246 g/mol. The fraction of sp³-hybridized carbons (Fsp3) is 0.571. The highest BCUT2D eigenvalue weighted by atomic mass is 16.5. The second-order valence-corrected chi connectivity index (χ2v) is 3.98. The lowest BCUT2D eigenvalue weighted by atomic mass is 10.2. The minimum absolute atomic E-state index is 0.206. The second-order valence-electron chi connectivity index (χ2n) is 3.98. The van der Waals surface area contributed by atoms with Gasteiger partial charge in [0.25, 0.3) is 0 Å². The number of ether oxygens (including phenoxy) is 3. The highest BCUT2D eigenvalue weighted by Crippen LogP contribution is 2.29. The van der Waals surface area contributed by atoms with Crippen molar-refractivity contribution in [3.8, 4) is 11.5 Å². The van der Waals surface area contributed by atoms with Crippen molar-refractivity contribution in [3.63, 3.8) is 0 Å². The van der Waals surface area contributed by atoms with Gasteiger partial charge in [0.15, 0.2) is 11.5 Å². The number of benzene rings is 1. The van der Waals surface area contributed by atoms with Crippen LogP contribution < -0.4 is 10.1 Å². The molecule has 108 valence electrons. The molecule has 0 radical (unpaired) electrons. The summed E-state index contributed by atoms with van der Waals surface area (Å²) in [5.41, 5.74) is 0.822. The number of hydrogen-bond donors (Lipinski definition) is 2. The van der Waals surface area contributed by atoms with Gasteiger partial charge < -0.3 is 24.6 Å². The topological polar surface area (TPSA) is 60.0 Å². The Labute approximate surface area is 114 Å². The van der Waals surface area contributed by atoms with Crippen molar-refractivity contribution in [1.82, 2.24) is 5.32 Å². The molecule has 1 aromatic carbocycles. The molecule has 1 rings (SSSR count). The molecule has 0 aliphatic heterocycles. The maximum atomic E-state index is 9.98. The molecule has 5 nitrogen and oxygen atoms in total. The molecule has 1 aromatic rings. The van der Waals surface area contributed by atoms with Crippen LogP contribution in [0.5, 0.6) is 11.5 Å². The SMILES string of the molecule is CCOc1cccc(CNCCOCCOC)c1O. The summed E-state index contributed by atoms with van der Waals surface area (Å²) in [6.07, 6.45) is 0. The first-order chi connectivity index (χ1) is 9.29. The van der Waals surface area contributed by atoms with E-state index in [1.807, 2.05) is 19.1 Å². The molecule has 0 unspecified atom stereocenters. The first-order valence-electron chi connectivity index (χ1n) is 6.50. The Morgan fingerprint density at radius 1 is 1.21 bits per heavy atom. The molecule has 0 spiro atoms. The summed E-state index contributed by atoms with van der Waals surface area (Å²) < 4.78 is 15.5. The smallest absolute Gasteiger partial charge is 0.162 e. The fourth-order valence-corrected chi connectivity index (χ4v) is 1.59. The molecule has 0 amide bonds.